The van der Waals surface area contributed by atoms with Crippen molar-refractivity contribution in [1.29, 1.82) is 0 Å². The van der Waals surface area contributed by atoms with E-state index in [1.54, 1.807) is 6.92 Å². The molecule has 1 aliphatic rings. The van der Waals surface area contributed by atoms with Gasteiger partial charge in [0.15, 0.2) is 0 Å². The summed E-state index contributed by atoms with van der Waals surface area (Å²) in [4.78, 5) is 13.1. The summed E-state index contributed by atoms with van der Waals surface area (Å²) < 4.78 is 2.35. The van der Waals surface area contributed by atoms with Crippen LogP contribution in [0.5, 0.6) is 0 Å². The van der Waals surface area contributed by atoms with Crippen LogP contribution in [0, 0.1) is 0 Å². The Balaban J connectivity index is 1.74. The maximum absolute atomic E-state index is 11.2. The van der Waals surface area contributed by atoms with Crippen LogP contribution in [-0.4, -0.2) is 41.3 Å². The van der Waals surface area contributed by atoms with Crippen molar-refractivity contribution >= 4 is 17.9 Å². The third-order valence-electron chi connectivity index (χ3n) is 2.94. The van der Waals surface area contributed by atoms with Crippen molar-refractivity contribution in [2.75, 3.05) is 26.2 Å². The van der Waals surface area contributed by atoms with E-state index >= 15 is 0 Å². The summed E-state index contributed by atoms with van der Waals surface area (Å²) in [6.45, 7) is 5.30. The SMILES string of the molecule is CC(=O)N1CCN(SCc2ccccc2)CC1. The number of benzene rings is 1. The highest BCUT2D eigenvalue weighted by Gasteiger charge is 2.18. The van der Waals surface area contributed by atoms with Crippen LogP contribution < -0.4 is 0 Å². The van der Waals surface area contributed by atoms with Gasteiger partial charge in [0.1, 0.15) is 0 Å². The standard InChI is InChI=1S/C13H18N2OS/c1-12(16)14-7-9-15(10-8-14)17-11-13-5-3-2-4-6-13/h2-6H,7-11H2,1H3. The molecule has 0 atom stereocenters. The van der Waals surface area contributed by atoms with Gasteiger partial charge >= 0.3 is 0 Å². The molecule has 92 valence electrons. The van der Waals surface area contributed by atoms with Crippen molar-refractivity contribution in [2.24, 2.45) is 0 Å². The van der Waals surface area contributed by atoms with E-state index in [9.17, 15) is 4.79 Å². The molecule has 1 fully saturated rings. The lowest BCUT2D eigenvalue weighted by molar-refractivity contribution is -0.129. The first-order chi connectivity index (χ1) is 8.25. The van der Waals surface area contributed by atoms with Crippen molar-refractivity contribution in [3.05, 3.63) is 35.9 Å². The van der Waals surface area contributed by atoms with Gasteiger partial charge in [-0.3, -0.25) is 4.79 Å². The molecule has 1 aromatic carbocycles. The number of carbonyl (C=O) groups excluding carboxylic acids is 1. The van der Waals surface area contributed by atoms with Gasteiger partial charge in [0, 0.05) is 38.9 Å². The lowest BCUT2D eigenvalue weighted by Gasteiger charge is -2.33. The Hall–Kier alpha value is -1.00. The first-order valence-electron chi connectivity index (χ1n) is 5.93. The third kappa shape index (κ3) is 3.75. The molecule has 1 aromatic rings. The first-order valence-corrected chi connectivity index (χ1v) is 6.87. The van der Waals surface area contributed by atoms with Gasteiger partial charge in [-0.15, -0.1) is 0 Å². The Kier molecular flexibility index (Phi) is 4.45. The molecule has 0 aliphatic carbocycles. The molecule has 0 bridgehead atoms. The van der Waals surface area contributed by atoms with Crippen LogP contribution in [0.1, 0.15) is 12.5 Å². The van der Waals surface area contributed by atoms with E-state index < -0.39 is 0 Å². The van der Waals surface area contributed by atoms with Gasteiger partial charge in [0.2, 0.25) is 5.91 Å². The summed E-state index contributed by atoms with van der Waals surface area (Å²) in [7, 11) is 0. The van der Waals surface area contributed by atoms with E-state index in [0.717, 1.165) is 31.9 Å². The Morgan fingerprint density at radius 3 is 2.41 bits per heavy atom. The van der Waals surface area contributed by atoms with Gasteiger partial charge in [0.05, 0.1) is 0 Å². The zero-order valence-corrected chi connectivity index (χ0v) is 10.9. The molecule has 3 nitrogen and oxygen atoms in total. The predicted molar refractivity (Wildman–Crippen MR) is 71.6 cm³/mol. The molecule has 17 heavy (non-hydrogen) atoms. The van der Waals surface area contributed by atoms with Gasteiger partial charge in [-0.2, -0.15) is 0 Å². The zero-order valence-electron chi connectivity index (χ0n) is 10.1. The number of rotatable bonds is 3. The quantitative estimate of drug-likeness (QED) is 0.767. The lowest BCUT2D eigenvalue weighted by atomic mass is 10.2. The molecule has 1 saturated heterocycles. The Labute approximate surface area is 107 Å². The van der Waals surface area contributed by atoms with Crippen LogP contribution in [0.15, 0.2) is 30.3 Å². The topological polar surface area (TPSA) is 23.6 Å². The maximum Gasteiger partial charge on any atom is 0.219 e. The van der Waals surface area contributed by atoms with E-state index in [-0.39, 0.29) is 5.91 Å². The van der Waals surface area contributed by atoms with Crippen LogP contribution in [0.2, 0.25) is 0 Å². The zero-order chi connectivity index (χ0) is 12.1. The summed E-state index contributed by atoms with van der Waals surface area (Å²) in [5.41, 5.74) is 1.35. The van der Waals surface area contributed by atoms with Crippen LogP contribution in [0.4, 0.5) is 0 Å². The highest BCUT2D eigenvalue weighted by Crippen LogP contribution is 2.18. The van der Waals surface area contributed by atoms with Gasteiger partial charge in [-0.1, -0.05) is 42.3 Å². The highest BCUT2D eigenvalue weighted by molar-refractivity contribution is 7.96. The van der Waals surface area contributed by atoms with Crippen molar-refractivity contribution in [2.45, 2.75) is 12.7 Å². The molecule has 1 heterocycles. The average molecular weight is 250 g/mol. The largest absolute Gasteiger partial charge is 0.340 e. The number of hydrogen-bond donors (Lipinski definition) is 0. The lowest BCUT2D eigenvalue weighted by Crippen LogP contribution is -2.45. The van der Waals surface area contributed by atoms with E-state index in [2.05, 4.69) is 28.6 Å². The van der Waals surface area contributed by atoms with Gasteiger partial charge in [-0.25, -0.2) is 4.31 Å². The van der Waals surface area contributed by atoms with Crippen molar-refractivity contribution in [1.82, 2.24) is 9.21 Å². The Morgan fingerprint density at radius 1 is 1.18 bits per heavy atom. The van der Waals surface area contributed by atoms with Crippen LogP contribution in [0.25, 0.3) is 0 Å². The molecule has 0 spiro atoms. The van der Waals surface area contributed by atoms with Gasteiger partial charge in [0.25, 0.3) is 0 Å². The van der Waals surface area contributed by atoms with Crippen molar-refractivity contribution < 1.29 is 4.79 Å². The second-order valence-corrected chi connectivity index (χ2v) is 5.26. The number of piperazine rings is 1. The fourth-order valence-corrected chi connectivity index (χ4v) is 2.82. The fourth-order valence-electron chi connectivity index (χ4n) is 1.87. The number of hydrogen-bond acceptors (Lipinski definition) is 3. The minimum absolute atomic E-state index is 0.192. The van der Waals surface area contributed by atoms with E-state index in [4.69, 9.17) is 0 Å². The molecule has 0 radical (unpaired) electrons. The molecule has 0 N–H and O–H groups in total. The Morgan fingerprint density at radius 2 is 1.82 bits per heavy atom. The van der Waals surface area contributed by atoms with E-state index in [1.165, 1.54) is 5.56 Å². The molecule has 1 aliphatic heterocycles. The second kappa shape index (κ2) is 6.07. The molecule has 4 heteroatoms. The number of nitrogens with zero attached hydrogens (tertiary/aromatic N) is 2. The van der Waals surface area contributed by atoms with Crippen molar-refractivity contribution in [3.8, 4) is 0 Å². The summed E-state index contributed by atoms with van der Waals surface area (Å²) in [6, 6.07) is 10.5. The van der Waals surface area contributed by atoms with Crippen LogP contribution >= 0.6 is 11.9 Å². The van der Waals surface area contributed by atoms with Crippen LogP contribution in [0.3, 0.4) is 0 Å². The van der Waals surface area contributed by atoms with Gasteiger partial charge < -0.3 is 4.90 Å². The molecular formula is C13H18N2OS. The molecule has 0 unspecified atom stereocenters. The normalized spacial score (nSPS) is 17.1. The number of amides is 1. The fraction of sp³-hybridized carbons (Fsp3) is 0.462. The summed E-state index contributed by atoms with van der Waals surface area (Å²) >= 11 is 1.86. The predicted octanol–water partition coefficient (Wildman–Crippen LogP) is 2.00. The van der Waals surface area contributed by atoms with E-state index in [0.29, 0.717) is 0 Å². The third-order valence-corrected chi connectivity index (χ3v) is 4.13. The minimum Gasteiger partial charge on any atom is -0.340 e. The van der Waals surface area contributed by atoms with Gasteiger partial charge in [-0.05, 0) is 5.56 Å². The smallest absolute Gasteiger partial charge is 0.219 e. The first kappa shape index (κ1) is 12.5. The average Bonchev–Trinajstić information content (AvgIpc) is 2.38. The molecule has 2 rings (SSSR count). The molecule has 0 saturated carbocycles. The highest BCUT2D eigenvalue weighted by atomic mass is 32.2. The number of carbonyl (C=O) groups is 1. The summed E-state index contributed by atoms with van der Waals surface area (Å²) in [5.74, 6) is 1.21. The summed E-state index contributed by atoms with van der Waals surface area (Å²) in [5, 5.41) is 0. The monoisotopic (exact) mass is 250 g/mol. The minimum atomic E-state index is 0.192. The second-order valence-electron chi connectivity index (χ2n) is 4.19. The molecular weight excluding hydrogens is 232 g/mol. The van der Waals surface area contributed by atoms with Crippen molar-refractivity contribution in [3.63, 3.8) is 0 Å². The van der Waals surface area contributed by atoms with E-state index in [1.807, 2.05) is 22.9 Å². The maximum atomic E-state index is 11.2. The van der Waals surface area contributed by atoms with Crippen LogP contribution in [-0.2, 0) is 10.5 Å². The Bertz CT molecular complexity index is 361. The molecule has 0 aromatic heterocycles. The molecule has 1 amide bonds. The summed E-state index contributed by atoms with van der Waals surface area (Å²) in [6.07, 6.45) is 0.